The van der Waals surface area contributed by atoms with Crippen molar-refractivity contribution >= 4 is 5.97 Å². The van der Waals surface area contributed by atoms with E-state index in [0.29, 0.717) is 12.3 Å². The van der Waals surface area contributed by atoms with Gasteiger partial charge in [-0.2, -0.15) is 0 Å². The van der Waals surface area contributed by atoms with Crippen LogP contribution < -0.4 is 4.74 Å². The first-order valence-corrected chi connectivity index (χ1v) is 6.07. The number of para-hydroxylation sites is 1. The maximum atomic E-state index is 11.8. The van der Waals surface area contributed by atoms with Gasteiger partial charge in [0.15, 0.2) is 0 Å². The Kier molecular flexibility index (Phi) is 5.16. The van der Waals surface area contributed by atoms with E-state index < -0.39 is 0 Å². The Morgan fingerprint density at radius 3 is 2.18 bits per heavy atom. The van der Waals surface area contributed by atoms with Crippen molar-refractivity contribution in [3.63, 3.8) is 0 Å². The Balaban J connectivity index is 2.68. The van der Waals surface area contributed by atoms with Crippen LogP contribution in [0.15, 0.2) is 18.2 Å². The normalized spacial score (nSPS) is 10.6. The number of aryl methyl sites for hydroxylation is 2. The summed E-state index contributed by atoms with van der Waals surface area (Å²) in [5.41, 5.74) is 2.00. The fourth-order valence-electron chi connectivity index (χ4n) is 1.74. The summed E-state index contributed by atoms with van der Waals surface area (Å²) in [4.78, 5) is 13.8. The average Bonchev–Trinajstić information content (AvgIpc) is 2.31. The van der Waals surface area contributed by atoms with E-state index in [9.17, 15) is 4.79 Å². The molecule has 3 nitrogen and oxygen atoms in total. The third-order valence-electron chi connectivity index (χ3n) is 2.87. The van der Waals surface area contributed by atoms with Crippen molar-refractivity contribution < 1.29 is 9.53 Å². The maximum absolute atomic E-state index is 11.8. The number of esters is 1. The number of ether oxygens (including phenoxy) is 1. The highest BCUT2D eigenvalue weighted by Gasteiger charge is 2.12. The lowest BCUT2D eigenvalue weighted by atomic mass is 10.1. The third-order valence-corrected chi connectivity index (χ3v) is 2.87. The van der Waals surface area contributed by atoms with Crippen LogP contribution in [-0.4, -0.2) is 30.5 Å². The van der Waals surface area contributed by atoms with Crippen molar-refractivity contribution in [3.05, 3.63) is 29.3 Å². The number of nitrogens with zero attached hydrogens (tertiary/aromatic N) is 1. The monoisotopic (exact) mass is 235 g/mol. The van der Waals surface area contributed by atoms with E-state index in [1.165, 1.54) is 0 Å². The number of likely N-dealkylation sites (N-methyl/N-ethyl adjacent to an activating group) is 1. The van der Waals surface area contributed by atoms with Gasteiger partial charge in [0.2, 0.25) is 0 Å². The highest BCUT2D eigenvalue weighted by molar-refractivity contribution is 5.75. The molecule has 0 spiro atoms. The SMILES string of the molecule is CCN(CC)CC(=O)Oc1c(C)cccc1C. The first kappa shape index (κ1) is 13.7. The molecule has 1 aromatic rings. The quantitative estimate of drug-likeness (QED) is 0.580. The zero-order chi connectivity index (χ0) is 12.8. The largest absolute Gasteiger partial charge is 0.425 e. The second-order valence-corrected chi connectivity index (χ2v) is 4.16. The molecule has 0 fully saturated rings. The molecule has 0 N–H and O–H groups in total. The van der Waals surface area contributed by atoms with Crippen molar-refractivity contribution in [1.82, 2.24) is 4.90 Å². The first-order chi connectivity index (χ1) is 8.08. The van der Waals surface area contributed by atoms with Gasteiger partial charge in [-0.1, -0.05) is 32.0 Å². The molecule has 3 heteroatoms. The predicted molar refractivity (Wildman–Crippen MR) is 69.3 cm³/mol. The van der Waals surface area contributed by atoms with Crippen LogP contribution in [-0.2, 0) is 4.79 Å². The van der Waals surface area contributed by atoms with Gasteiger partial charge in [-0.3, -0.25) is 9.69 Å². The van der Waals surface area contributed by atoms with Crippen molar-refractivity contribution in [2.24, 2.45) is 0 Å². The van der Waals surface area contributed by atoms with Crippen molar-refractivity contribution in [3.8, 4) is 5.75 Å². The topological polar surface area (TPSA) is 29.5 Å². The van der Waals surface area contributed by atoms with Crippen LogP contribution in [0.2, 0.25) is 0 Å². The number of carbonyl (C=O) groups is 1. The second-order valence-electron chi connectivity index (χ2n) is 4.16. The minimum Gasteiger partial charge on any atom is -0.425 e. The van der Waals surface area contributed by atoms with E-state index in [0.717, 1.165) is 24.2 Å². The third kappa shape index (κ3) is 3.86. The number of carbonyl (C=O) groups excluding carboxylic acids is 1. The first-order valence-electron chi connectivity index (χ1n) is 6.07. The smallest absolute Gasteiger partial charge is 0.325 e. The molecular formula is C14H21NO2. The van der Waals surface area contributed by atoms with Crippen LogP contribution in [0.25, 0.3) is 0 Å². The van der Waals surface area contributed by atoms with Gasteiger partial charge in [0, 0.05) is 0 Å². The lowest BCUT2D eigenvalue weighted by Gasteiger charge is -2.17. The molecule has 0 aliphatic rings. The van der Waals surface area contributed by atoms with Crippen LogP contribution in [0.4, 0.5) is 0 Å². The highest BCUT2D eigenvalue weighted by Crippen LogP contribution is 2.22. The summed E-state index contributed by atoms with van der Waals surface area (Å²) in [6, 6.07) is 5.87. The van der Waals surface area contributed by atoms with Crippen LogP contribution >= 0.6 is 0 Å². The van der Waals surface area contributed by atoms with E-state index in [-0.39, 0.29) is 5.97 Å². The molecule has 0 saturated carbocycles. The molecule has 0 radical (unpaired) electrons. The molecule has 0 aliphatic carbocycles. The fourth-order valence-corrected chi connectivity index (χ4v) is 1.74. The molecule has 0 aromatic heterocycles. The Morgan fingerprint density at radius 2 is 1.71 bits per heavy atom. The minimum absolute atomic E-state index is 0.189. The van der Waals surface area contributed by atoms with Gasteiger partial charge in [0.25, 0.3) is 0 Å². The molecule has 1 rings (SSSR count). The van der Waals surface area contributed by atoms with Crippen LogP contribution in [0, 0.1) is 13.8 Å². The van der Waals surface area contributed by atoms with E-state index in [4.69, 9.17) is 4.74 Å². The van der Waals surface area contributed by atoms with E-state index >= 15 is 0 Å². The summed E-state index contributed by atoms with van der Waals surface area (Å²) in [6.07, 6.45) is 0. The Labute approximate surface area is 103 Å². The molecule has 0 saturated heterocycles. The summed E-state index contributed by atoms with van der Waals surface area (Å²) in [5.74, 6) is 0.510. The summed E-state index contributed by atoms with van der Waals surface area (Å²) in [7, 11) is 0. The van der Waals surface area contributed by atoms with E-state index in [1.807, 2.05) is 50.8 Å². The Morgan fingerprint density at radius 1 is 1.18 bits per heavy atom. The Bertz CT molecular complexity index is 364. The van der Waals surface area contributed by atoms with Crippen LogP contribution in [0.5, 0.6) is 5.75 Å². The number of hydrogen-bond acceptors (Lipinski definition) is 3. The number of hydrogen-bond donors (Lipinski definition) is 0. The minimum atomic E-state index is -0.189. The van der Waals surface area contributed by atoms with Gasteiger partial charge in [0.05, 0.1) is 6.54 Å². The van der Waals surface area contributed by atoms with E-state index in [2.05, 4.69) is 0 Å². The fraction of sp³-hybridized carbons (Fsp3) is 0.500. The molecule has 0 bridgehead atoms. The van der Waals surface area contributed by atoms with Gasteiger partial charge in [-0.25, -0.2) is 0 Å². The zero-order valence-corrected chi connectivity index (χ0v) is 11.1. The summed E-state index contributed by atoms with van der Waals surface area (Å²) in [6.45, 7) is 10.0. The van der Waals surface area contributed by atoms with Gasteiger partial charge in [0.1, 0.15) is 5.75 Å². The average molecular weight is 235 g/mol. The molecule has 0 amide bonds. The van der Waals surface area contributed by atoms with Gasteiger partial charge in [-0.15, -0.1) is 0 Å². The summed E-state index contributed by atoms with van der Waals surface area (Å²) < 4.78 is 5.43. The molecule has 1 aromatic carbocycles. The molecule has 17 heavy (non-hydrogen) atoms. The van der Waals surface area contributed by atoms with Crippen molar-refractivity contribution in [2.45, 2.75) is 27.7 Å². The zero-order valence-electron chi connectivity index (χ0n) is 11.1. The van der Waals surface area contributed by atoms with Crippen LogP contribution in [0.1, 0.15) is 25.0 Å². The predicted octanol–water partition coefficient (Wildman–Crippen LogP) is 2.55. The van der Waals surface area contributed by atoms with E-state index in [1.54, 1.807) is 0 Å². The molecule has 0 unspecified atom stereocenters. The highest BCUT2D eigenvalue weighted by atomic mass is 16.5. The molecule has 0 aliphatic heterocycles. The second kappa shape index (κ2) is 6.40. The van der Waals surface area contributed by atoms with Gasteiger partial charge in [-0.05, 0) is 38.1 Å². The molecular weight excluding hydrogens is 214 g/mol. The van der Waals surface area contributed by atoms with Crippen LogP contribution in [0.3, 0.4) is 0 Å². The Hall–Kier alpha value is -1.35. The molecule has 0 atom stereocenters. The lowest BCUT2D eigenvalue weighted by molar-refractivity contribution is -0.135. The lowest BCUT2D eigenvalue weighted by Crippen LogP contribution is -2.32. The van der Waals surface area contributed by atoms with Gasteiger partial charge >= 0.3 is 5.97 Å². The number of rotatable bonds is 5. The summed E-state index contributed by atoms with van der Waals surface area (Å²) >= 11 is 0. The van der Waals surface area contributed by atoms with Gasteiger partial charge < -0.3 is 4.74 Å². The summed E-state index contributed by atoms with van der Waals surface area (Å²) in [5, 5.41) is 0. The standard InChI is InChI=1S/C14H21NO2/c1-5-15(6-2)10-13(16)17-14-11(3)8-7-9-12(14)4/h7-9H,5-6,10H2,1-4H3. The van der Waals surface area contributed by atoms with Crippen molar-refractivity contribution in [2.75, 3.05) is 19.6 Å². The van der Waals surface area contributed by atoms with Crippen molar-refractivity contribution in [1.29, 1.82) is 0 Å². The number of benzene rings is 1. The molecule has 94 valence electrons. The molecule has 0 heterocycles. The maximum Gasteiger partial charge on any atom is 0.325 e.